The largest absolute Gasteiger partial charge is 0.441 e. The standard InChI is InChI=1S/C15H9ClF3NO/c16-9(15-10(18)5-8(17)6-11(15)19)7-14-20-12-3-1-2-4-13(12)21-14/h1-6,9H,7H2. The van der Waals surface area contributed by atoms with Crippen LogP contribution in [-0.4, -0.2) is 4.98 Å². The van der Waals surface area contributed by atoms with E-state index in [9.17, 15) is 13.2 Å². The van der Waals surface area contributed by atoms with Crippen molar-refractivity contribution in [1.29, 1.82) is 0 Å². The molecule has 2 nitrogen and oxygen atoms in total. The summed E-state index contributed by atoms with van der Waals surface area (Å²) < 4.78 is 45.6. The van der Waals surface area contributed by atoms with Crippen LogP contribution in [0.2, 0.25) is 0 Å². The molecule has 1 unspecified atom stereocenters. The number of aromatic nitrogens is 1. The van der Waals surface area contributed by atoms with E-state index < -0.39 is 22.8 Å². The Morgan fingerprint density at radius 3 is 2.43 bits per heavy atom. The van der Waals surface area contributed by atoms with E-state index in [1.165, 1.54) is 0 Å². The predicted molar refractivity (Wildman–Crippen MR) is 72.6 cm³/mol. The average Bonchev–Trinajstić information content (AvgIpc) is 2.79. The Bertz CT molecular complexity index is 746. The number of fused-ring (bicyclic) bond motifs is 1. The fraction of sp³-hybridized carbons (Fsp3) is 0.133. The van der Waals surface area contributed by atoms with E-state index in [1.54, 1.807) is 24.3 Å². The zero-order chi connectivity index (χ0) is 15.0. The van der Waals surface area contributed by atoms with Crippen LogP contribution in [0.4, 0.5) is 13.2 Å². The highest BCUT2D eigenvalue weighted by molar-refractivity contribution is 6.20. The number of para-hydroxylation sites is 2. The van der Waals surface area contributed by atoms with Crippen LogP contribution < -0.4 is 0 Å². The zero-order valence-electron chi connectivity index (χ0n) is 10.6. The van der Waals surface area contributed by atoms with E-state index in [1.807, 2.05) is 0 Å². The molecule has 6 heteroatoms. The van der Waals surface area contributed by atoms with Crippen molar-refractivity contribution in [3.8, 4) is 0 Å². The van der Waals surface area contributed by atoms with Gasteiger partial charge in [-0.2, -0.15) is 0 Å². The molecular formula is C15H9ClF3NO. The molecular weight excluding hydrogens is 303 g/mol. The van der Waals surface area contributed by atoms with Crippen molar-refractivity contribution >= 4 is 22.7 Å². The Balaban J connectivity index is 1.91. The van der Waals surface area contributed by atoms with E-state index in [4.69, 9.17) is 16.0 Å². The summed E-state index contributed by atoms with van der Waals surface area (Å²) >= 11 is 6.03. The summed E-state index contributed by atoms with van der Waals surface area (Å²) in [5.41, 5.74) is 0.813. The van der Waals surface area contributed by atoms with Gasteiger partial charge in [-0.25, -0.2) is 18.2 Å². The molecule has 0 bridgehead atoms. The van der Waals surface area contributed by atoms with E-state index in [2.05, 4.69) is 4.98 Å². The molecule has 0 aliphatic heterocycles. The second-order valence-electron chi connectivity index (χ2n) is 4.53. The first-order chi connectivity index (χ1) is 10.0. The van der Waals surface area contributed by atoms with Crippen LogP contribution >= 0.6 is 11.6 Å². The average molecular weight is 312 g/mol. The molecule has 0 saturated carbocycles. The van der Waals surface area contributed by atoms with Crippen molar-refractivity contribution in [3.05, 3.63) is 65.3 Å². The maximum absolute atomic E-state index is 13.7. The van der Waals surface area contributed by atoms with Gasteiger partial charge in [-0.1, -0.05) is 12.1 Å². The Kier molecular flexibility index (Phi) is 3.59. The minimum absolute atomic E-state index is 0.00426. The number of hydrogen-bond acceptors (Lipinski definition) is 2. The molecule has 0 fully saturated rings. The molecule has 3 aromatic rings. The predicted octanol–water partition coefficient (Wildman–Crippen LogP) is 4.77. The number of oxazole rings is 1. The summed E-state index contributed by atoms with van der Waals surface area (Å²) in [6.07, 6.45) is -0.00426. The molecule has 0 radical (unpaired) electrons. The summed E-state index contributed by atoms with van der Waals surface area (Å²) in [7, 11) is 0. The van der Waals surface area contributed by atoms with E-state index >= 15 is 0 Å². The van der Waals surface area contributed by atoms with E-state index in [0.29, 0.717) is 23.2 Å². The normalized spacial score (nSPS) is 12.8. The van der Waals surface area contributed by atoms with Crippen molar-refractivity contribution in [2.75, 3.05) is 0 Å². The monoisotopic (exact) mass is 311 g/mol. The van der Waals surface area contributed by atoms with Crippen LogP contribution in [-0.2, 0) is 6.42 Å². The first kappa shape index (κ1) is 13.9. The molecule has 3 rings (SSSR count). The highest BCUT2D eigenvalue weighted by Gasteiger charge is 2.22. The van der Waals surface area contributed by atoms with Crippen LogP contribution in [0.1, 0.15) is 16.8 Å². The number of alkyl halides is 1. The number of hydrogen-bond donors (Lipinski definition) is 0. The van der Waals surface area contributed by atoms with Crippen molar-refractivity contribution in [1.82, 2.24) is 4.98 Å². The Hall–Kier alpha value is -2.01. The molecule has 1 aromatic heterocycles. The van der Waals surface area contributed by atoms with Gasteiger partial charge in [-0.05, 0) is 12.1 Å². The quantitative estimate of drug-likeness (QED) is 0.651. The van der Waals surface area contributed by atoms with Crippen molar-refractivity contribution in [3.63, 3.8) is 0 Å². The molecule has 2 aromatic carbocycles. The molecule has 0 spiro atoms. The fourth-order valence-electron chi connectivity index (χ4n) is 2.12. The third-order valence-electron chi connectivity index (χ3n) is 3.05. The molecule has 0 saturated heterocycles. The number of nitrogens with zero attached hydrogens (tertiary/aromatic N) is 1. The van der Waals surface area contributed by atoms with Crippen LogP contribution in [0.25, 0.3) is 11.1 Å². The highest BCUT2D eigenvalue weighted by atomic mass is 35.5. The lowest BCUT2D eigenvalue weighted by molar-refractivity contribution is 0.497. The maximum Gasteiger partial charge on any atom is 0.197 e. The van der Waals surface area contributed by atoms with Gasteiger partial charge < -0.3 is 4.42 Å². The van der Waals surface area contributed by atoms with Gasteiger partial charge in [0.25, 0.3) is 0 Å². The lowest BCUT2D eigenvalue weighted by atomic mass is 10.1. The third kappa shape index (κ3) is 2.74. The minimum Gasteiger partial charge on any atom is -0.441 e. The van der Waals surface area contributed by atoms with Gasteiger partial charge in [0, 0.05) is 24.1 Å². The van der Waals surface area contributed by atoms with Crippen molar-refractivity contribution < 1.29 is 17.6 Å². The second-order valence-corrected chi connectivity index (χ2v) is 5.06. The van der Waals surface area contributed by atoms with Gasteiger partial charge in [0.2, 0.25) is 0 Å². The maximum atomic E-state index is 13.7. The fourth-order valence-corrected chi connectivity index (χ4v) is 2.46. The highest BCUT2D eigenvalue weighted by Crippen LogP contribution is 2.30. The van der Waals surface area contributed by atoms with Gasteiger partial charge >= 0.3 is 0 Å². The summed E-state index contributed by atoms with van der Waals surface area (Å²) in [5, 5.41) is -1.04. The number of benzene rings is 2. The lowest BCUT2D eigenvalue weighted by Gasteiger charge is -2.10. The summed E-state index contributed by atoms with van der Waals surface area (Å²) in [4.78, 5) is 4.19. The first-order valence-electron chi connectivity index (χ1n) is 6.17. The van der Waals surface area contributed by atoms with Gasteiger partial charge in [0.15, 0.2) is 11.5 Å². The van der Waals surface area contributed by atoms with Gasteiger partial charge in [-0.3, -0.25) is 0 Å². The van der Waals surface area contributed by atoms with Crippen LogP contribution in [0.15, 0.2) is 40.8 Å². The molecule has 1 atom stereocenters. The van der Waals surface area contributed by atoms with Crippen LogP contribution in [0.5, 0.6) is 0 Å². The van der Waals surface area contributed by atoms with Crippen LogP contribution in [0, 0.1) is 17.5 Å². The lowest BCUT2D eigenvalue weighted by Crippen LogP contribution is -2.03. The molecule has 21 heavy (non-hydrogen) atoms. The van der Waals surface area contributed by atoms with Crippen molar-refractivity contribution in [2.45, 2.75) is 11.8 Å². The summed E-state index contributed by atoms with van der Waals surface area (Å²) in [5.74, 6) is -2.77. The Labute approximate surface area is 123 Å². The molecule has 1 heterocycles. The zero-order valence-corrected chi connectivity index (χ0v) is 11.4. The third-order valence-corrected chi connectivity index (χ3v) is 3.42. The molecule has 0 amide bonds. The van der Waals surface area contributed by atoms with Gasteiger partial charge in [0.05, 0.1) is 5.38 Å². The van der Waals surface area contributed by atoms with E-state index in [0.717, 1.165) is 0 Å². The number of halogens is 4. The summed E-state index contributed by atoms with van der Waals surface area (Å²) in [6.45, 7) is 0. The molecule has 0 aliphatic rings. The molecule has 0 aliphatic carbocycles. The van der Waals surface area contributed by atoms with E-state index in [-0.39, 0.29) is 17.9 Å². The topological polar surface area (TPSA) is 26.0 Å². The molecule has 108 valence electrons. The first-order valence-corrected chi connectivity index (χ1v) is 6.61. The van der Waals surface area contributed by atoms with Crippen molar-refractivity contribution in [2.24, 2.45) is 0 Å². The number of rotatable bonds is 3. The van der Waals surface area contributed by atoms with Gasteiger partial charge in [0.1, 0.15) is 23.0 Å². The van der Waals surface area contributed by atoms with Gasteiger partial charge in [-0.15, -0.1) is 11.6 Å². The van der Waals surface area contributed by atoms with Crippen LogP contribution in [0.3, 0.4) is 0 Å². The second kappa shape index (κ2) is 5.41. The Morgan fingerprint density at radius 1 is 1.10 bits per heavy atom. The Morgan fingerprint density at radius 2 is 1.76 bits per heavy atom. The SMILES string of the molecule is Fc1cc(F)c(C(Cl)Cc2nc3ccccc3o2)c(F)c1. The molecule has 0 N–H and O–H groups in total. The minimum atomic E-state index is -1.04. The smallest absolute Gasteiger partial charge is 0.197 e. The summed E-state index contributed by atoms with van der Waals surface area (Å²) in [6, 6.07) is 8.26.